The Labute approximate surface area is 153 Å². The molecule has 0 unspecified atom stereocenters. The first-order valence-corrected chi connectivity index (χ1v) is 9.02. The van der Waals surface area contributed by atoms with E-state index in [1.54, 1.807) is 6.33 Å². The van der Waals surface area contributed by atoms with Gasteiger partial charge in [0.05, 0.1) is 29.0 Å². The summed E-state index contributed by atoms with van der Waals surface area (Å²) in [7, 11) is 2.01. The largest absolute Gasteiger partial charge is 0.361 e. The normalized spacial score (nSPS) is 17.9. The van der Waals surface area contributed by atoms with E-state index in [-0.39, 0.29) is 0 Å². The van der Waals surface area contributed by atoms with E-state index < -0.39 is 0 Å². The fourth-order valence-corrected chi connectivity index (χ4v) is 3.79. The quantitative estimate of drug-likeness (QED) is 0.703. The van der Waals surface area contributed by atoms with Crippen LogP contribution in [0.4, 0.5) is 0 Å². The molecule has 0 amide bonds. The van der Waals surface area contributed by atoms with Crippen molar-refractivity contribution in [2.24, 2.45) is 13.0 Å². The summed E-state index contributed by atoms with van der Waals surface area (Å²) in [5, 5.41) is 4.03. The molecule has 0 saturated carbocycles. The van der Waals surface area contributed by atoms with Gasteiger partial charge in [-0.3, -0.25) is 4.90 Å². The smallest absolute Gasteiger partial charge is 0.143 e. The Balaban J connectivity index is 1.41. The first-order chi connectivity index (χ1) is 12.6. The molecule has 3 aromatic heterocycles. The topological polar surface area (TPSA) is 72.9 Å². The van der Waals surface area contributed by atoms with Crippen molar-refractivity contribution in [1.29, 1.82) is 0 Å². The number of hydrogen-bond acceptors (Lipinski definition) is 6. The predicted octanol–water partition coefficient (Wildman–Crippen LogP) is 2.55. The number of aromatic nitrogens is 5. The number of nitrogens with zero attached hydrogens (tertiary/aromatic N) is 6. The Kier molecular flexibility index (Phi) is 4.55. The van der Waals surface area contributed by atoms with E-state index in [9.17, 15) is 0 Å². The van der Waals surface area contributed by atoms with Crippen LogP contribution >= 0.6 is 0 Å². The van der Waals surface area contributed by atoms with Crippen molar-refractivity contribution in [3.63, 3.8) is 0 Å². The molecular formula is C19H24N6O. The first-order valence-electron chi connectivity index (χ1n) is 9.02. The summed E-state index contributed by atoms with van der Waals surface area (Å²) in [6, 6.07) is 2.08. The second-order valence-electron chi connectivity index (χ2n) is 7.22. The van der Waals surface area contributed by atoms with E-state index >= 15 is 0 Å². The average molecular weight is 352 g/mol. The van der Waals surface area contributed by atoms with E-state index in [2.05, 4.69) is 37.3 Å². The highest BCUT2D eigenvalue weighted by Gasteiger charge is 2.24. The van der Waals surface area contributed by atoms with Crippen LogP contribution in [0, 0.1) is 19.8 Å². The van der Waals surface area contributed by atoms with E-state index in [1.165, 1.54) is 6.42 Å². The molecule has 1 fully saturated rings. The summed E-state index contributed by atoms with van der Waals surface area (Å²) in [6.45, 7) is 6.99. The van der Waals surface area contributed by atoms with Crippen molar-refractivity contribution in [2.45, 2.75) is 33.2 Å². The van der Waals surface area contributed by atoms with E-state index in [0.29, 0.717) is 5.92 Å². The molecule has 7 heteroatoms. The molecule has 0 spiro atoms. The highest BCUT2D eigenvalue weighted by molar-refractivity contribution is 5.63. The predicted molar refractivity (Wildman–Crippen MR) is 97.3 cm³/mol. The summed E-state index contributed by atoms with van der Waals surface area (Å²) in [4.78, 5) is 15.8. The fourth-order valence-electron chi connectivity index (χ4n) is 3.79. The Morgan fingerprint density at radius 3 is 2.81 bits per heavy atom. The lowest BCUT2D eigenvalue weighted by Crippen LogP contribution is -2.21. The minimum atomic E-state index is 0.617. The van der Waals surface area contributed by atoms with Gasteiger partial charge in [0.1, 0.15) is 12.1 Å². The maximum atomic E-state index is 5.27. The van der Waals surface area contributed by atoms with Crippen LogP contribution in [-0.4, -0.2) is 42.7 Å². The Morgan fingerprint density at radius 1 is 1.19 bits per heavy atom. The van der Waals surface area contributed by atoms with Gasteiger partial charge in [0, 0.05) is 32.0 Å². The molecule has 0 aromatic carbocycles. The van der Waals surface area contributed by atoms with Gasteiger partial charge in [-0.25, -0.2) is 15.0 Å². The van der Waals surface area contributed by atoms with Gasteiger partial charge in [0.15, 0.2) is 0 Å². The maximum Gasteiger partial charge on any atom is 0.143 e. The van der Waals surface area contributed by atoms with Crippen LogP contribution in [-0.2, 0) is 20.0 Å². The Bertz CT molecular complexity index is 880. The van der Waals surface area contributed by atoms with Gasteiger partial charge >= 0.3 is 0 Å². The van der Waals surface area contributed by atoms with Crippen molar-refractivity contribution >= 4 is 0 Å². The molecule has 0 N–H and O–H groups in total. The molecule has 1 atom stereocenters. The number of imidazole rings is 1. The maximum absolute atomic E-state index is 5.27. The summed E-state index contributed by atoms with van der Waals surface area (Å²) < 4.78 is 7.27. The number of aryl methyl sites for hydroxylation is 3. The van der Waals surface area contributed by atoms with Crippen molar-refractivity contribution in [3.05, 3.63) is 47.8 Å². The molecule has 4 rings (SSSR count). The molecule has 26 heavy (non-hydrogen) atoms. The summed E-state index contributed by atoms with van der Waals surface area (Å²) >= 11 is 0. The minimum absolute atomic E-state index is 0.617. The van der Waals surface area contributed by atoms with Gasteiger partial charge in [-0.15, -0.1) is 0 Å². The number of hydrogen-bond donors (Lipinski definition) is 0. The van der Waals surface area contributed by atoms with E-state index in [0.717, 1.165) is 60.2 Å². The molecule has 136 valence electrons. The van der Waals surface area contributed by atoms with E-state index in [4.69, 9.17) is 4.52 Å². The molecule has 1 aliphatic rings. The second-order valence-corrected chi connectivity index (χ2v) is 7.22. The molecule has 4 heterocycles. The van der Waals surface area contributed by atoms with Gasteiger partial charge in [-0.1, -0.05) is 5.16 Å². The van der Waals surface area contributed by atoms with Gasteiger partial charge in [-0.05, 0) is 45.2 Å². The fraction of sp³-hybridized carbons (Fsp3) is 0.474. The van der Waals surface area contributed by atoms with Gasteiger partial charge in [-0.2, -0.15) is 0 Å². The third-order valence-electron chi connectivity index (χ3n) is 5.02. The molecule has 0 radical (unpaired) electrons. The van der Waals surface area contributed by atoms with Gasteiger partial charge in [0.2, 0.25) is 0 Å². The van der Waals surface area contributed by atoms with Crippen molar-refractivity contribution in [1.82, 2.24) is 29.6 Å². The first kappa shape index (κ1) is 16.9. The lowest BCUT2D eigenvalue weighted by atomic mass is 10.0. The summed E-state index contributed by atoms with van der Waals surface area (Å²) in [5.74, 6) is 1.42. The number of rotatable bonds is 5. The van der Waals surface area contributed by atoms with Crippen LogP contribution in [0.5, 0.6) is 0 Å². The summed E-state index contributed by atoms with van der Waals surface area (Å²) in [5.41, 5.74) is 4.97. The van der Waals surface area contributed by atoms with Crippen LogP contribution < -0.4 is 0 Å². The molecule has 0 bridgehead atoms. The molecule has 1 aliphatic heterocycles. The van der Waals surface area contributed by atoms with Crippen LogP contribution in [0.25, 0.3) is 11.3 Å². The third-order valence-corrected chi connectivity index (χ3v) is 5.02. The lowest BCUT2D eigenvalue weighted by Gasteiger charge is -2.14. The summed E-state index contributed by atoms with van der Waals surface area (Å²) in [6.07, 6.45) is 7.76. The molecule has 0 aliphatic carbocycles. The molecule has 7 nitrogen and oxygen atoms in total. The lowest BCUT2D eigenvalue weighted by molar-refractivity contribution is 0.312. The number of likely N-dealkylation sites (tertiary alicyclic amines) is 1. The SMILES string of the molecule is Cc1noc(C)c1-c1cc(C[C@H]2CCN(Cc3cn(C)cn3)C2)ncn1. The Morgan fingerprint density at radius 2 is 2.08 bits per heavy atom. The zero-order chi connectivity index (χ0) is 18.1. The Hall–Kier alpha value is -2.54. The highest BCUT2D eigenvalue weighted by Crippen LogP contribution is 2.27. The van der Waals surface area contributed by atoms with Gasteiger partial charge < -0.3 is 9.09 Å². The molecular weight excluding hydrogens is 328 g/mol. The third kappa shape index (κ3) is 3.53. The van der Waals surface area contributed by atoms with Crippen molar-refractivity contribution < 1.29 is 4.52 Å². The van der Waals surface area contributed by atoms with Crippen LogP contribution in [0.2, 0.25) is 0 Å². The zero-order valence-electron chi connectivity index (χ0n) is 15.5. The molecule has 1 saturated heterocycles. The molecule has 3 aromatic rings. The van der Waals surface area contributed by atoms with Crippen LogP contribution in [0.1, 0.15) is 29.3 Å². The highest BCUT2D eigenvalue weighted by atomic mass is 16.5. The van der Waals surface area contributed by atoms with Crippen molar-refractivity contribution in [2.75, 3.05) is 13.1 Å². The second kappa shape index (κ2) is 6.99. The van der Waals surface area contributed by atoms with Crippen LogP contribution in [0.15, 0.2) is 29.4 Å². The van der Waals surface area contributed by atoms with E-state index in [1.807, 2.05) is 31.8 Å². The monoisotopic (exact) mass is 352 g/mol. The van der Waals surface area contributed by atoms with Crippen molar-refractivity contribution in [3.8, 4) is 11.3 Å². The minimum Gasteiger partial charge on any atom is -0.361 e. The zero-order valence-corrected chi connectivity index (χ0v) is 15.5. The van der Waals surface area contributed by atoms with Crippen LogP contribution in [0.3, 0.4) is 0 Å². The van der Waals surface area contributed by atoms with Gasteiger partial charge in [0.25, 0.3) is 0 Å². The average Bonchev–Trinajstić information content (AvgIpc) is 3.30. The standard InChI is InChI=1S/C19H24N6O/c1-13-19(14(2)26-23-13)18-7-16(20-11-21-18)6-15-4-5-25(8-15)10-17-9-24(3)12-22-17/h7,9,11-12,15H,4-6,8,10H2,1-3H3/t15-/m1/s1.